The van der Waals surface area contributed by atoms with Gasteiger partial charge in [-0.3, -0.25) is 9.36 Å². The van der Waals surface area contributed by atoms with E-state index in [1.165, 1.54) is 10.6 Å². The number of hydrogen-bond donors (Lipinski definition) is 0. The third-order valence-corrected chi connectivity index (χ3v) is 5.47. The number of carbonyl (C=O) groups excluding carboxylic acids is 1. The zero-order valence-corrected chi connectivity index (χ0v) is 17.4. The zero-order valence-electron chi connectivity index (χ0n) is 16.6. The quantitative estimate of drug-likeness (QED) is 0.300. The Bertz CT molecular complexity index is 1480. The predicted molar refractivity (Wildman–Crippen MR) is 122 cm³/mol. The Hall–Kier alpha value is -3.83. The first-order valence-electron chi connectivity index (χ1n) is 9.85. The SMILES string of the molecule is O=C(c1ccc(F)c(F)c1)n1c(-c2ccccc2-c2ccccc2)nc2cc(Cl)ccc21. The van der Waals surface area contributed by atoms with Crippen LogP contribution in [-0.2, 0) is 0 Å². The van der Waals surface area contributed by atoms with Crippen LogP contribution in [0.1, 0.15) is 10.4 Å². The van der Waals surface area contributed by atoms with Crippen LogP contribution in [0.5, 0.6) is 0 Å². The van der Waals surface area contributed by atoms with E-state index >= 15 is 0 Å². The van der Waals surface area contributed by atoms with Gasteiger partial charge in [0.25, 0.3) is 5.91 Å². The van der Waals surface area contributed by atoms with Crippen molar-refractivity contribution in [2.24, 2.45) is 0 Å². The summed E-state index contributed by atoms with van der Waals surface area (Å²) in [6, 6.07) is 25.4. The number of hydrogen-bond acceptors (Lipinski definition) is 2. The van der Waals surface area contributed by atoms with Crippen LogP contribution in [0, 0.1) is 11.6 Å². The second-order valence-corrected chi connectivity index (χ2v) is 7.69. The average Bonchev–Trinajstić information content (AvgIpc) is 3.19. The molecule has 1 aromatic heterocycles. The first kappa shape index (κ1) is 20.1. The van der Waals surface area contributed by atoms with Crippen molar-refractivity contribution in [3.8, 4) is 22.5 Å². The number of rotatable bonds is 3. The van der Waals surface area contributed by atoms with E-state index in [9.17, 15) is 13.6 Å². The summed E-state index contributed by atoms with van der Waals surface area (Å²) in [5.41, 5.74) is 3.61. The van der Waals surface area contributed by atoms with Crippen molar-refractivity contribution in [2.45, 2.75) is 0 Å². The highest BCUT2D eigenvalue weighted by atomic mass is 35.5. The van der Waals surface area contributed by atoms with E-state index in [0.717, 1.165) is 28.8 Å². The molecule has 0 bridgehead atoms. The molecule has 32 heavy (non-hydrogen) atoms. The Kier molecular flexibility index (Phi) is 5.04. The second-order valence-electron chi connectivity index (χ2n) is 7.25. The molecule has 0 saturated carbocycles. The maximum absolute atomic E-state index is 13.9. The van der Waals surface area contributed by atoms with Crippen molar-refractivity contribution in [1.82, 2.24) is 9.55 Å². The van der Waals surface area contributed by atoms with Crippen LogP contribution >= 0.6 is 11.6 Å². The summed E-state index contributed by atoms with van der Waals surface area (Å²) in [5.74, 6) is -2.24. The lowest BCUT2D eigenvalue weighted by Gasteiger charge is -2.12. The van der Waals surface area contributed by atoms with Gasteiger partial charge in [0.05, 0.1) is 11.0 Å². The lowest BCUT2D eigenvalue weighted by atomic mass is 9.99. The molecule has 0 aliphatic rings. The zero-order chi connectivity index (χ0) is 22.2. The lowest BCUT2D eigenvalue weighted by molar-refractivity contribution is 0.0965. The third kappa shape index (κ3) is 3.47. The molecule has 0 saturated heterocycles. The number of carbonyl (C=O) groups is 1. The van der Waals surface area contributed by atoms with E-state index in [1.54, 1.807) is 18.2 Å². The topological polar surface area (TPSA) is 34.9 Å². The van der Waals surface area contributed by atoms with Gasteiger partial charge in [0, 0.05) is 16.1 Å². The first-order valence-corrected chi connectivity index (χ1v) is 10.2. The molecule has 1 heterocycles. The van der Waals surface area contributed by atoms with Crippen LogP contribution < -0.4 is 0 Å². The highest BCUT2D eigenvalue weighted by Gasteiger charge is 2.22. The number of halogens is 3. The highest BCUT2D eigenvalue weighted by Crippen LogP contribution is 2.34. The molecule has 5 rings (SSSR count). The van der Waals surface area contributed by atoms with Crippen LogP contribution in [0.3, 0.4) is 0 Å². The van der Waals surface area contributed by atoms with Gasteiger partial charge in [-0.25, -0.2) is 13.8 Å². The van der Waals surface area contributed by atoms with Gasteiger partial charge >= 0.3 is 0 Å². The van der Waals surface area contributed by atoms with Crippen LogP contribution in [-0.4, -0.2) is 15.5 Å². The van der Waals surface area contributed by atoms with Crippen molar-refractivity contribution in [1.29, 1.82) is 0 Å². The van der Waals surface area contributed by atoms with Gasteiger partial charge in [0.15, 0.2) is 11.6 Å². The predicted octanol–water partition coefficient (Wildman–Crippen LogP) is 6.99. The number of imidazole rings is 1. The Morgan fingerprint density at radius 3 is 2.25 bits per heavy atom. The summed E-state index contributed by atoms with van der Waals surface area (Å²) in [7, 11) is 0. The van der Waals surface area contributed by atoms with E-state index in [0.29, 0.717) is 21.9 Å². The minimum atomic E-state index is -1.09. The van der Waals surface area contributed by atoms with Gasteiger partial charge in [0.2, 0.25) is 0 Å². The van der Waals surface area contributed by atoms with Gasteiger partial charge in [-0.15, -0.1) is 0 Å². The molecule has 0 spiro atoms. The maximum Gasteiger partial charge on any atom is 0.264 e. The largest absolute Gasteiger partial charge is 0.268 e. The fourth-order valence-electron chi connectivity index (χ4n) is 3.75. The van der Waals surface area contributed by atoms with E-state index in [1.807, 2.05) is 54.6 Å². The molecular weight excluding hydrogens is 430 g/mol. The van der Waals surface area contributed by atoms with Crippen molar-refractivity contribution >= 4 is 28.5 Å². The van der Waals surface area contributed by atoms with E-state index in [2.05, 4.69) is 0 Å². The standard InChI is InChI=1S/C26H15ClF2N2O/c27-18-11-13-24-23(15-18)30-25(31(24)26(32)17-10-12-21(28)22(29)14-17)20-9-5-4-8-19(20)16-6-2-1-3-7-16/h1-15H. The minimum absolute atomic E-state index is 0.0107. The van der Waals surface area contributed by atoms with Crippen molar-refractivity contribution < 1.29 is 13.6 Å². The van der Waals surface area contributed by atoms with Crippen molar-refractivity contribution in [2.75, 3.05) is 0 Å². The molecule has 0 unspecified atom stereocenters. The fraction of sp³-hybridized carbons (Fsp3) is 0. The Labute approximate surface area is 187 Å². The summed E-state index contributed by atoms with van der Waals surface area (Å²) < 4.78 is 28.8. The summed E-state index contributed by atoms with van der Waals surface area (Å²) in [5, 5.41) is 0.477. The van der Waals surface area contributed by atoms with E-state index in [4.69, 9.17) is 16.6 Å². The third-order valence-electron chi connectivity index (χ3n) is 5.24. The molecular formula is C26H15ClF2N2O. The summed E-state index contributed by atoms with van der Waals surface area (Å²) in [6.45, 7) is 0. The first-order chi connectivity index (χ1) is 15.5. The van der Waals surface area contributed by atoms with E-state index < -0.39 is 17.5 Å². The normalized spacial score (nSPS) is 11.1. The Morgan fingerprint density at radius 2 is 1.50 bits per heavy atom. The smallest absolute Gasteiger partial charge is 0.264 e. The maximum atomic E-state index is 13.9. The molecule has 0 radical (unpaired) electrons. The summed E-state index contributed by atoms with van der Waals surface area (Å²) in [6.07, 6.45) is 0. The van der Waals surface area contributed by atoms with Gasteiger partial charge in [-0.05, 0) is 47.5 Å². The number of aromatic nitrogens is 2. The minimum Gasteiger partial charge on any atom is -0.268 e. The molecule has 0 atom stereocenters. The average molecular weight is 445 g/mol. The second kappa shape index (κ2) is 8.02. The highest BCUT2D eigenvalue weighted by molar-refractivity contribution is 6.31. The van der Waals surface area contributed by atoms with Gasteiger partial charge in [0.1, 0.15) is 5.82 Å². The fourth-order valence-corrected chi connectivity index (χ4v) is 3.91. The van der Waals surface area contributed by atoms with E-state index in [-0.39, 0.29) is 5.56 Å². The van der Waals surface area contributed by atoms with Gasteiger partial charge in [-0.1, -0.05) is 66.2 Å². The van der Waals surface area contributed by atoms with Crippen molar-refractivity contribution in [3.05, 3.63) is 113 Å². The molecule has 0 fully saturated rings. The molecule has 0 aliphatic heterocycles. The Morgan fingerprint density at radius 1 is 0.781 bits per heavy atom. The van der Waals surface area contributed by atoms with Crippen LogP contribution in [0.25, 0.3) is 33.5 Å². The molecule has 3 nitrogen and oxygen atoms in total. The van der Waals surface area contributed by atoms with Gasteiger partial charge < -0.3 is 0 Å². The monoisotopic (exact) mass is 444 g/mol. The molecule has 4 aromatic carbocycles. The van der Waals surface area contributed by atoms with Crippen LogP contribution in [0.15, 0.2) is 91.0 Å². The molecule has 6 heteroatoms. The number of nitrogens with zero attached hydrogens (tertiary/aromatic N) is 2. The number of benzene rings is 4. The summed E-state index contributed by atoms with van der Waals surface area (Å²) >= 11 is 6.16. The van der Waals surface area contributed by atoms with Gasteiger partial charge in [-0.2, -0.15) is 0 Å². The van der Waals surface area contributed by atoms with Crippen molar-refractivity contribution in [3.63, 3.8) is 0 Å². The van der Waals surface area contributed by atoms with Crippen LogP contribution in [0.4, 0.5) is 8.78 Å². The Balaban J connectivity index is 1.79. The molecule has 0 N–H and O–H groups in total. The summed E-state index contributed by atoms with van der Waals surface area (Å²) in [4.78, 5) is 18.2. The molecule has 0 aliphatic carbocycles. The molecule has 0 amide bonds. The molecule has 156 valence electrons. The van der Waals surface area contributed by atoms with Crippen LogP contribution in [0.2, 0.25) is 5.02 Å². The lowest BCUT2D eigenvalue weighted by Crippen LogP contribution is -2.14. The number of fused-ring (bicyclic) bond motifs is 1. The molecule has 5 aromatic rings.